The van der Waals surface area contributed by atoms with Gasteiger partial charge in [0, 0.05) is 88.5 Å². The van der Waals surface area contributed by atoms with Crippen molar-refractivity contribution in [1.82, 2.24) is 84.1 Å². The van der Waals surface area contributed by atoms with Gasteiger partial charge in [0.15, 0.2) is 23.4 Å². The Bertz CT molecular complexity index is 5510. The van der Waals surface area contributed by atoms with E-state index in [9.17, 15) is 118 Å². The maximum atomic E-state index is 15.4. The third-order valence-electron chi connectivity index (χ3n) is 22.9. The van der Waals surface area contributed by atoms with Gasteiger partial charge in [0.2, 0.25) is 76.8 Å². The van der Waals surface area contributed by atoms with Gasteiger partial charge in [0.25, 0.3) is 0 Å². The molecule has 0 radical (unpaired) electrons. The summed E-state index contributed by atoms with van der Waals surface area (Å²) in [5.74, 6) is -27.3. The largest absolute Gasteiger partial charge is 0.508 e. The van der Waals surface area contributed by atoms with Crippen LogP contribution in [0.5, 0.6) is 23.0 Å². The Labute approximate surface area is 852 Å². The number of benzene rings is 5. The van der Waals surface area contributed by atoms with Gasteiger partial charge in [0.05, 0.1) is 56.3 Å². The number of aromatic hydroxyl groups is 4. The first-order valence-corrected chi connectivity index (χ1v) is 50.9. The van der Waals surface area contributed by atoms with Crippen LogP contribution in [0.15, 0.2) is 134 Å². The Morgan fingerprint density at radius 2 is 1.03 bits per heavy atom. The van der Waals surface area contributed by atoms with E-state index in [0.29, 0.717) is 27.9 Å². The molecule has 0 bridgehead atoms. The highest BCUT2D eigenvalue weighted by atomic mass is 33.1. The number of Topliss-reactive ketones (excluding diaryl/α,β-unsaturated/α-hetero) is 3. The van der Waals surface area contributed by atoms with Gasteiger partial charge in [-0.3, -0.25) is 86.3 Å². The van der Waals surface area contributed by atoms with E-state index in [1.54, 1.807) is 68.8 Å². The van der Waals surface area contributed by atoms with Crippen molar-refractivity contribution in [3.8, 4) is 23.0 Å². The standard InChI is InChI=1S/C98H126N16O29S3/c1-53(2)40-71(105-92(134)72(100-56(6)115)45-60-20-28-66(118)29-21-60)91(133)107-75(48-83(125)126)89(131)99-35-37-143-38-36-114-50-63(112-113-114)14-11-15-81(123)101-69(42-58-16-24-64(116)25-17-58)80(122)47-62-51-145-146-52-77(96(138)106-74(46-61-22-30-67(119)31-23-61)94(136)103-68(34-39-144-7)90(132)108-76(49-84(127)128)95(137)110-85(54(3)4)97(139)140)109-87(129)55(5)41-79(121)70(43-59-18-26-65(117)27-19-59)104-93(135)73(44-57-12-9-8-10-13-57)102-82(124)33-32-78(120)86(98(141)142)111-88(62)130/h8-10,12-13,16-31,50,53-55,62,68-77,85-86,116-119H,11,14-15,32-49,51-52H2,1-7H3,(H,99,131)(H,100,115)(H,101,123)(H,102,124)(H,103,136)(H,104,135)(H,105,134)(H,106,138)(H,107,133)(H,108,132)(H,109,129)(H,110,137)(H,111,130)(H,125,126)(H,127,128)(H,139,140)(H,141,142)/t55-,62+,68+,69+,70+,71+,72-,73-,74+,75-,76+,77+,85+,86-/m0/s1. The molecule has 14 atom stereocenters. The molecule has 2 heterocycles. The van der Waals surface area contributed by atoms with E-state index in [0.717, 1.165) is 21.6 Å². The van der Waals surface area contributed by atoms with Crippen molar-refractivity contribution in [2.45, 2.75) is 223 Å². The molecule has 48 heteroatoms. The number of aromatic nitrogens is 3. The number of nitrogens with zero attached hydrogens (tertiary/aromatic N) is 3. The Kier molecular flexibility index (Phi) is 48.9. The quantitative estimate of drug-likeness (QED) is 0.0144. The maximum Gasteiger partial charge on any atom is 0.334 e. The second-order valence-corrected chi connectivity index (χ2v) is 39.3. The number of aryl methyl sites for hydroxylation is 1. The van der Waals surface area contributed by atoms with Gasteiger partial charge in [0.1, 0.15) is 77.4 Å². The van der Waals surface area contributed by atoms with E-state index in [4.69, 9.17) is 4.74 Å². The Morgan fingerprint density at radius 1 is 0.521 bits per heavy atom. The van der Waals surface area contributed by atoms with Crippen LogP contribution in [0.3, 0.4) is 0 Å². The van der Waals surface area contributed by atoms with E-state index in [2.05, 4.69) is 79.4 Å². The van der Waals surface area contributed by atoms with Crippen molar-refractivity contribution < 1.29 is 141 Å². The molecule has 1 saturated heterocycles. The Morgan fingerprint density at radius 3 is 1.57 bits per heavy atom. The fourth-order valence-corrected chi connectivity index (χ4v) is 18.0. The van der Waals surface area contributed by atoms with Crippen LogP contribution in [0.25, 0.3) is 0 Å². The predicted octanol–water partition coefficient (Wildman–Crippen LogP) is 1.10. The van der Waals surface area contributed by atoms with Gasteiger partial charge in [-0.2, -0.15) is 11.8 Å². The molecule has 7 rings (SSSR count). The lowest BCUT2D eigenvalue weighted by molar-refractivity contribution is -0.147. The summed E-state index contributed by atoms with van der Waals surface area (Å²) in [4.78, 5) is 278. The summed E-state index contributed by atoms with van der Waals surface area (Å²) in [5.41, 5.74) is 2.50. The number of carbonyl (C=O) groups is 20. The molecule has 0 unspecified atom stereocenters. The molecule has 0 aliphatic carbocycles. The van der Waals surface area contributed by atoms with Gasteiger partial charge in [-0.1, -0.05) is 140 Å². The van der Waals surface area contributed by atoms with Crippen LogP contribution in [0.4, 0.5) is 0 Å². The molecule has 5 aromatic carbocycles. The van der Waals surface area contributed by atoms with Crippen molar-refractivity contribution in [1.29, 1.82) is 0 Å². The molecular weight excluding hydrogens is 1960 g/mol. The molecule has 13 amide bonds. The van der Waals surface area contributed by atoms with Gasteiger partial charge in [-0.25, -0.2) is 14.3 Å². The van der Waals surface area contributed by atoms with Crippen molar-refractivity contribution in [2.24, 2.45) is 23.7 Å². The van der Waals surface area contributed by atoms with Crippen molar-refractivity contribution in [3.05, 3.63) is 167 Å². The van der Waals surface area contributed by atoms with Crippen molar-refractivity contribution in [3.63, 3.8) is 0 Å². The smallest absolute Gasteiger partial charge is 0.334 e. The molecular formula is C98H126N16O29S3. The molecule has 1 aromatic heterocycles. The van der Waals surface area contributed by atoms with E-state index in [1.807, 2.05) is 0 Å². The lowest BCUT2D eigenvalue weighted by atomic mass is 9.94. The number of carboxylic acids is 4. The second kappa shape index (κ2) is 60.3. The molecule has 790 valence electrons. The number of phenolic OH excluding ortho intramolecular Hbond substituents is 4. The van der Waals surface area contributed by atoms with E-state index < -0.39 is 265 Å². The lowest BCUT2D eigenvalue weighted by Crippen LogP contribution is -2.60. The second-order valence-electron chi connectivity index (χ2n) is 35.8. The van der Waals surface area contributed by atoms with Crippen LogP contribution in [0.2, 0.25) is 0 Å². The zero-order valence-electron chi connectivity index (χ0n) is 81.4. The fraction of sp³-hybridized carbons (Fsp3) is 0.469. The van der Waals surface area contributed by atoms with Crippen LogP contribution in [0, 0.1) is 23.7 Å². The average molecular weight is 2090 g/mol. The Hall–Kier alpha value is -14.6. The third kappa shape index (κ3) is 42.0. The number of ketones is 3. The summed E-state index contributed by atoms with van der Waals surface area (Å²) in [6.45, 7) is 8.82. The lowest BCUT2D eigenvalue weighted by Gasteiger charge is -2.27. The summed E-state index contributed by atoms with van der Waals surface area (Å²) in [6, 6.07) is 10.8. The number of hydrogen-bond acceptors (Lipinski definition) is 30. The summed E-state index contributed by atoms with van der Waals surface area (Å²) in [6.07, 6.45) is -3.30. The highest BCUT2D eigenvalue weighted by Gasteiger charge is 2.40. The van der Waals surface area contributed by atoms with Crippen LogP contribution < -0.4 is 69.1 Å². The van der Waals surface area contributed by atoms with E-state index >= 15 is 19.2 Å². The van der Waals surface area contributed by atoms with Crippen molar-refractivity contribution in [2.75, 3.05) is 43.3 Å². The Balaban J connectivity index is 1.13. The molecule has 1 aliphatic heterocycles. The zero-order valence-corrected chi connectivity index (χ0v) is 83.9. The third-order valence-corrected chi connectivity index (χ3v) is 26.0. The number of hydrogen-bond donors (Lipinski definition) is 21. The summed E-state index contributed by atoms with van der Waals surface area (Å²) in [7, 11) is 1.52. The van der Waals surface area contributed by atoms with Gasteiger partial charge in [-0.15, -0.1) is 5.10 Å². The van der Waals surface area contributed by atoms with E-state index in [-0.39, 0.29) is 124 Å². The number of rotatable bonds is 50. The topological polar surface area (TPSA) is 700 Å². The predicted molar refractivity (Wildman–Crippen MR) is 531 cm³/mol. The molecule has 1 fully saturated rings. The maximum absolute atomic E-state index is 15.4. The highest BCUT2D eigenvalue weighted by Crippen LogP contribution is 2.29. The number of aliphatic carboxylic acids is 4. The number of carboxylic acid groups (broad SMARTS) is 4. The summed E-state index contributed by atoms with van der Waals surface area (Å²) >= 11 is 1.20. The first-order valence-electron chi connectivity index (χ1n) is 47.0. The molecule has 0 spiro atoms. The molecule has 45 nitrogen and oxygen atoms in total. The molecule has 21 N–H and O–H groups in total. The minimum atomic E-state index is -2.42. The monoisotopic (exact) mass is 2090 g/mol. The zero-order chi connectivity index (χ0) is 107. The minimum Gasteiger partial charge on any atom is -0.508 e. The number of carbonyl (C=O) groups excluding carboxylic acids is 16. The minimum absolute atomic E-state index is 0.000770. The number of phenols is 4. The van der Waals surface area contributed by atoms with Crippen LogP contribution in [-0.4, -0.2) is 290 Å². The van der Waals surface area contributed by atoms with Crippen LogP contribution in [0.1, 0.15) is 139 Å². The summed E-state index contributed by atoms with van der Waals surface area (Å²) in [5, 5.41) is 122. The highest BCUT2D eigenvalue weighted by molar-refractivity contribution is 8.76. The first-order chi connectivity index (χ1) is 69.3. The van der Waals surface area contributed by atoms with Gasteiger partial charge >= 0.3 is 23.9 Å². The molecule has 0 saturated carbocycles. The first kappa shape index (κ1) is 118. The van der Waals surface area contributed by atoms with Crippen molar-refractivity contribution >= 4 is 151 Å². The van der Waals surface area contributed by atoms with Gasteiger partial charge < -0.3 is 115 Å². The van der Waals surface area contributed by atoms with E-state index in [1.165, 1.54) is 129 Å². The number of amides is 13. The molecule has 6 aromatic rings. The number of thioether (sulfide) groups is 1. The number of ether oxygens (including phenoxy) is 1. The normalized spacial score (nSPS) is 17.9. The van der Waals surface area contributed by atoms with Crippen LogP contribution >= 0.6 is 33.3 Å². The fourth-order valence-electron chi connectivity index (χ4n) is 15.0. The van der Waals surface area contributed by atoms with Gasteiger partial charge in [-0.05, 0) is 139 Å². The number of nitrogens with one attached hydrogen (secondary N) is 13. The molecule has 1 aliphatic rings. The SMILES string of the molecule is CSCC[C@@H](NC(=O)[C@@H](Cc1ccc(O)cc1)NC(=O)[C@H]1CSSC[C@@H](CC(=O)[C@@H](Cc2ccc(O)cc2)NC(=O)CCCc2cn(CCOCCNC(=O)[C@H](CC(=O)O)NC(=O)[C@@H](CC(C)C)NC(=O)[C@H](Cc3ccc(O)cc3)NC(C)=O)nn2)C(=O)N[C@H](C(=O)O)C(=O)CCC(=O)N[C@@H](Cc2ccccc2)C(=O)N[C@H](Cc2ccc(O)cc2)C(=O)C[C@H](C)C(=O)N1)C(=O)N[C@H](CC(=O)O)C(=O)N[C@@H](C(=O)O)C(C)C. The van der Waals surface area contributed by atoms with Crippen LogP contribution in [-0.2, 0) is 146 Å². The molecule has 146 heavy (non-hydrogen) atoms. The average Bonchev–Trinajstić information content (AvgIpc) is 0.920. The summed E-state index contributed by atoms with van der Waals surface area (Å²) < 4.78 is 7.13.